The Labute approximate surface area is 163 Å². The van der Waals surface area contributed by atoms with Crippen LogP contribution >= 0.6 is 0 Å². The van der Waals surface area contributed by atoms with Gasteiger partial charge in [-0.05, 0) is 44.2 Å². The van der Waals surface area contributed by atoms with Gasteiger partial charge in [0.1, 0.15) is 11.8 Å². The lowest BCUT2D eigenvalue weighted by Crippen LogP contribution is -2.06. The number of rotatable bonds is 7. The van der Waals surface area contributed by atoms with E-state index in [9.17, 15) is 5.26 Å². The van der Waals surface area contributed by atoms with Crippen LogP contribution in [0.5, 0.6) is 5.75 Å². The van der Waals surface area contributed by atoms with Crippen molar-refractivity contribution in [2.45, 2.75) is 26.2 Å². The summed E-state index contributed by atoms with van der Waals surface area (Å²) in [5.74, 6) is 1.32. The summed E-state index contributed by atoms with van der Waals surface area (Å²) in [4.78, 5) is 4.44. The van der Waals surface area contributed by atoms with Gasteiger partial charge >= 0.3 is 0 Å². The van der Waals surface area contributed by atoms with E-state index in [1.807, 2.05) is 38.1 Å². The van der Waals surface area contributed by atoms with Crippen molar-refractivity contribution in [3.8, 4) is 34.7 Å². The van der Waals surface area contributed by atoms with E-state index in [1.165, 1.54) is 0 Å². The highest BCUT2D eigenvalue weighted by Gasteiger charge is 2.15. The van der Waals surface area contributed by atoms with Gasteiger partial charge in [0.05, 0.1) is 11.7 Å². The van der Waals surface area contributed by atoms with Crippen LogP contribution in [0.4, 0.5) is 0 Å². The largest absolute Gasteiger partial charge is 0.490 e. The maximum Gasteiger partial charge on any atom is 0.258 e. The fraction of sp³-hybridized carbons (Fsp3) is 0.286. The standard InChI is InChI=1S/C21H21N3O4/c1-13(2)27-18-10-9-16(11-17(18)12-22)19-23-20(28-24-19)14-5-7-15(8-6-14)21(25-3)26-4/h5-11,13,21H,1-4H3. The smallest absolute Gasteiger partial charge is 0.258 e. The number of methoxy groups -OCH3 is 2. The fourth-order valence-corrected chi connectivity index (χ4v) is 2.72. The molecule has 0 aliphatic heterocycles. The number of hydrogen-bond acceptors (Lipinski definition) is 7. The summed E-state index contributed by atoms with van der Waals surface area (Å²) < 4.78 is 21.5. The second-order valence-corrected chi connectivity index (χ2v) is 6.34. The van der Waals surface area contributed by atoms with Crippen LogP contribution in [0.25, 0.3) is 22.8 Å². The fourth-order valence-electron chi connectivity index (χ4n) is 2.72. The van der Waals surface area contributed by atoms with Gasteiger partial charge in [0.2, 0.25) is 5.82 Å². The second-order valence-electron chi connectivity index (χ2n) is 6.34. The van der Waals surface area contributed by atoms with Gasteiger partial charge in [-0.25, -0.2) is 0 Å². The minimum absolute atomic E-state index is 0.0199. The van der Waals surface area contributed by atoms with Gasteiger partial charge in [0, 0.05) is 30.9 Å². The van der Waals surface area contributed by atoms with Gasteiger partial charge in [-0.1, -0.05) is 17.3 Å². The predicted molar refractivity (Wildman–Crippen MR) is 102 cm³/mol. The Balaban J connectivity index is 1.85. The molecule has 1 heterocycles. The van der Waals surface area contributed by atoms with Crippen molar-refractivity contribution in [3.05, 3.63) is 53.6 Å². The van der Waals surface area contributed by atoms with Gasteiger partial charge in [-0.2, -0.15) is 10.2 Å². The summed E-state index contributed by atoms with van der Waals surface area (Å²) in [6, 6.07) is 14.9. The molecule has 0 aliphatic carbocycles. The van der Waals surface area contributed by atoms with Gasteiger partial charge < -0.3 is 18.7 Å². The van der Waals surface area contributed by atoms with Gasteiger partial charge in [-0.3, -0.25) is 0 Å². The van der Waals surface area contributed by atoms with Crippen molar-refractivity contribution in [3.63, 3.8) is 0 Å². The molecule has 0 saturated heterocycles. The van der Waals surface area contributed by atoms with Crippen molar-refractivity contribution < 1.29 is 18.7 Å². The van der Waals surface area contributed by atoms with Crippen molar-refractivity contribution in [1.29, 1.82) is 5.26 Å². The molecule has 0 aliphatic rings. The number of nitriles is 1. The normalized spacial score (nSPS) is 11.0. The molecule has 0 bridgehead atoms. The summed E-state index contributed by atoms with van der Waals surface area (Å²) in [6.45, 7) is 3.82. The number of hydrogen-bond donors (Lipinski definition) is 0. The molecule has 7 nitrogen and oxygen atoms in total. The van der Waals surface area contributed by atoms with Crippen LogP contribution in [0.3, 0.4) is 0 Å². The summed E-state index contributed by atoms with van der Waals surface area (Å²) in [6.07, 6.45) is -0.447. The quantitative estimate of drug-likeness (QED) is 0.564. The molecule has 144 valence electrons. The Morgan fingerprint density at radius 1 is 1.00 bits per heavy atom. The van der Waals surface area contributed by atoms with E-state index >= 15 is 0 Å². The number of benzene rings is 2. The third-order valence-electron chi connectivity index (χ3n) is 4.00. The molecule has 7 heteroatoms. The third-order valence-corrected chi connectivity index (χ3v) is 4.00. The minimum atomic E-state index is -0.428. The first-order valence-electron chi connectivity index (χ1n) is 8.76. The maximum atomic E-state index is 9.38. The minimum Gasteiger partial charge on any atom is -0.490 e. The molecule has 3 rings (SSSR count). The summed E-state index contributed by atoms with van der Waals surface area (Å²) in [5, 5.41) is 13.4. The zero-order valence-corrected chi connectivity index (χ0v) is 16.2. The molecule has 0 unspecified atom stereocenters. The molecule has 0 fully saturated rings. The summed E-state index contributed by atoms with van der Waals surface area (Å²) in [7, 11) is 3.17. The lowest BCUT2D eigenvalue weighted by molar-refractivity contribution is -0.106. The van der Waals surface area contributed by atoms with Crippen LogP contribution in [0.15, 0.2) is 47.0 Å². The highest BCUT2D eigenvalue weighted by atomic mass is 16.7. The first-order chi connectivity index (χ1) is 13.5. The first kappa shape index (κ1) is 19.5. The molecule has 0 amide bonds. The van der Waals surface area contributed by atoms with E-state index < -0.39 is 6.29 Å². The van der Waals surface area contributed by atoms with Crippen LogP contribution in [0.2, 0.25) is 0 Å². The highest BCUT2D eigenvalue weighted by Crippen LogP contribution is 2.28. The Kier molecular flexibility index (Phi) is 6.04. The van der Waals surface area contributed by atoms with E-state index in [1.54, 1.807) is 32.4 Å². The first-order valence-corrected chi connectivity index (χ1v) is 8.76. The molecule has 28 heavy (non-hydrogen) atoms. The van der Waals surface area contributed by atoms with E-state index in [4.69, 9.17) is 18.7 Å². The van der Waals surface area contributed by atoms with Crippen LogP contribution < -0.4 is 4.74 Å². The number of nitrogens with zero attached hydrogens (tertiary/aromatic N) is 3. The molecule has 2 aromatic carbocycles. The van der Waals surface area contributed by atoms with Crippen LogP contribution in [-0.2, 0) is 9.47 Å². The van der Waals surface area contributed by atoms with Crippen molar-refractivity contribution >= 4 is 0 Å². The Morgan fingerprint density at radius 3 is 2.29 bits per heavy atom. The third kappa shape index (κ3) is 4.19. The average molecular weight is 379 g/mol. The van der Waals surface area contributed by atoms with Crippen LogP contribution in [0, 0.1) is 11.3 Å². The number of ether oxygens (including phenoxy) is 3. The molecule has 0 atom stereocenters. The molecule has 0 saturated carbocycles. The zero-order chi connectivity index (χ0) is 20.1. The van der Waals surface area contributed by atoms with Crippen molar-refractivity contribution in [2.24, 2.45) is 0 Å². The van der Waals surface area contributed by atoms with E-state index in [0.29, 0.717) is 28.6 Å². The summed E-state index contributed by atoms with van der Waals surface area (Å²) >= 11 is 0. The lowest BCUT2D eigenvalue weighted by Gasteiger charge is -2.13. The van der Waals surface area contributed by atoms with Gasteiger partial charge in [0.25, 0.3) is 5.89 Å². The van der Waals surface area contributed by atoms with Crippen LogP contribution in [-0.4, -0.2) is 30.5 Å². The van der Waals surface area contributed by atoms with Crippen molar-refractivity contribution in [2.75, 3.05) is 14.2 Å². The van der Waals surface area contributed by atoms with E-state index in [2.05, 4.69) is 16.2 Å². The predicted octanol–water partition coefficient (Wildman–Crippen LogP) is 4.35. The highest BCUT2D eigenvalue weighted by molar-refractivity contribution is 5.63. The zero-order valence-electron chi connectivity index (χ0n) is 16.2. The van der Waals surface area contributed by atoms with Gasteiger partial charge in [-0.15, -0.1) is 0 Å². The molecule has 0 spiro atoms. The van der Waals surface area contributed by atoms with E-state index in [0.717, 1.165) is 11.1 Å². The molecular weight excluding hydrogens is 358 g/mol. The van der Waals surface area contributed by atoms with Crippen molar-refractivity contribution in [1.82, 2.24) is 10.1 Å². The second kappa shape index (κ2) is 8.65. The Bertz CT molecular complexity index is 970. The molecule has 3 aromatic rings. The molecule has 1 aromatic heterocycles. The Morgan fingerprint density at radius 2 is 1.68 bits per heavy atom. The maximum absolute atomic E-state index is 9.38. The molecule has 0 radical (unpaired) electrons. The molecular formula is C21H21N3O4. The monoisotopic (exact) mass is 379 g/mol. The average Bonchev–Trinajstić information content (AvgIpc) is 3.19. The Hall–Kier alpha value is -3.21. The SMILES string of the molecule is COC(OC)c1ccc(-c2nc(-c3ccc(OC(C)C)c(C#N)c3)no2)cc1. The van der Waals surface area contributed by atoms with Gasteiger partial charge in [0.15, 0.2) is 6.29 Å². The van der Waals surface area contributed by atoms with Crippen LogP contribution in [0.1, 0.15) is 31.3 Å². The lowest BCUT2D eigenvalue weighted by atomic mass is 10.1. The van der Waals surface area contributed by atoms with E-state index in [-0.39, 0.29) is 6.10 Å². The summed E-state index contributed by atoms with van der Waals surface area (Å²) in [5.41, 5.74) is 2.76. The molecule has 0 N–H and O–H groups in total. The number of aromatic nitrogens is 2. The topological polar surface area (TPSA) is 90.4 Å².